The highest BCUT2D eigenvalue weighted by atomic mass is 79.9. The van der Waals surface area contributed by atoms with Gasteiger partial charge in [0.25, 0.3) is 0 Å². The Morgan fingerprint density at radius 3 is 2.57 bits per heavy atom. The predicted molar refractivity (Wildman–Crippen MR) is 87.9 cm³/mol. The third-order valence-corrected chi connectivity index (χ3v) is 4.60. The van der Waals surface area contributed by atoms with Gasteiger partial charge in [-0.2, -0.15) is 0 Å². The summed E-state index contributed by atoms with van der Waals surface area (Å²) in [5, 5.41) is 0. The topological polar surface area (TPSA) is 20.3 Å². The van der Waals surface area contributed by atoms with Crippen molar-refractivity contribution in [1.82, 2.24) is 4.90 Å². The summed E-state index contributed by atoms with van der Waals surface area (Å²) in [6.07, 6.45) is 0.833. The van der Waals surface area contributed by atoms with Crippen LogP contribution in [0.15, 0.2) is 53.0 Å². The minimum absolute atomic E-state index is 0.0380. The van der Waals surface area contributed by atoms with Gasteiger partial charge in [-0.05, 0) is 35.2 Å². The fraction of sp³-hybridized carbons (Fsp3) is 0.278. The molecule has 3 heteroatoms. The van der Waals surface area contributed by atoms with Gasteiger partial charge in [0.2, 0.25) is 5.91 Å². The molecule has 0 fully saturated rings. The third-order valence-electron chi connectivity index (χ3n) is 4.11. The number of nitrogens with zero attached hydrogens (tertiary/aromatic N) is 1. The first-order valence-corrected chi connectivity index (χ1v) is 8.09. The normalized spacial score (nSPS) is 14.9. The molecule has 0 saturated heterocycles. The lowest BCUT2D eigenvalue weighted by Crippen LogP contribution is -2.30. The minimum Gasteiger partial charge on any atom is -0.333 e. The zero-order valence-corrected chi connectivity index (χ0v) is 13.6. The molecule has 0 aliphatic carbocycles. The van der Waals surface area contributed by atoms with E-state index in [1.165, 1.54) is 11.1 Å². The van der Waals surface area contributed by atoms with Crippen molar-refractivity contribution >= 4 is 21.8 Å². The summed E-state index contributed by atoms with van der Waals surface area (Å²) in [6, 6.07) is 16.4. The van der Waals surface area contributed by atoms with Crippen LogP contribution in [0.2, 0.25) is 0 Å². The summed E-state index contributed by atoms with van der Waals surface area (Å²) in [5.41, 5.74) is 3.62. The van der Waals surface area contributed by atoms with Crippen LogP contribution in [0.1, 0.15) is 36.0 Å². The second-order valence-corrected chi connectivity index (χ2v) is 6.39. The van der Waals surface area contributed by atoms with Gasteiger partial charge in [-0.15, -0.1) is 0 Å². The largest absolute Gasteiger partial charge is 0.333 e. The van der Waals surface area contributed by atoms with Crippen LogP contribution in [0, 0.1) is 0 Å². The van der Waals surface area contributed by atoms with E-state index in [9.17, 15) is 4.79 Å². The molecule has 1 aliphatic heterocycles. The molecular formula is C18H18BrNO. The molecule has 108 valence electrons. The van der Waals surface area contributed by atoms with Crippen molar-refractivity contribution in [2.75, 3.05) is 0 Å². The van der Waals surface area contributed by atoms with Crippen molar-refractivity contribution in [2.45, 2.75) is 32.4 Å². The number of hydrogen-bond acceptors (Lipinski definition) is 1. The number of rotatable bonds is 3. The maximum absolute atomic E-state index is 12.8. The third kappa shape index (κ3) is 2.88. The van der Waals surface area contributed by atoms with E-state index in [-0.39, 0.29) is 11.8 Å². The van der Waals surface area contributed by atoms with Crippen molar-refractivity contribution in [2.24, 2.45) is 0 Å². The van der Waals surface area contributed by atoms with E-state index in [4.69, 9.17) is 0 Å². The Kier molecular flexibility index (Phi) is 4.11. The molecule has 0 N–H and O–H groups in total. The lowest BCUT2D eigenvalue weighted by Gasteiger charge is -2.22. The van der Waals surface area contributed by atoms with Gasteiger partial charge >= 0.3 is 0 Å². The van der Waals surface area contributed by atoms with Gasteiger partial charge in [-0.1, -0.05) is 59.3 Å². The summed E-state index contributed by atoms with van der Waals surface area (Å²) in [6.45, 7) is 3.52. The van der Waals surface area contributed by atoms with Gasteiger partial charge in [-0.3, -0.25) is 4.79 Å². The molecule has 0 bridgehead atoms. The van der Waals surface area contributed by atoms with Crippen molar-refractivity contribution in [1.29, 1.82) is 0 Å². The quantitative estimate of drug-likeness (QED) is 0.804. The number of carbonyl (C=O) groups excluding carboxylic acids is 1. The Morgan fingerprint density at radius 2 is 1.86 bits per heavy atom. The molecule has 2 aromatic carbocycles. The second kappa shape index (κ2) is 6.02. The number of fused-ring (bicyclic) bond motifs is 1. The van der Waals surface area contributed by atoms with Gasteiger partial charge in [-0.25, -0.2) is 0 Å². The number of benzene rings is 2. The lowest BCUT2D eigenvalue weighted by atomic mass is 9.95. The fourth-order valence-electron chi connectivity index (χ4n) is 2.98. The lowest BCUT2D eigenvalue weighted by molar-refractivity contribution is -0.133. The van der Waals surface area contributed by atoms with E-state index in [1.807, 2.05) is 41.3 Å². The van der Waals surface area contributed by atoms with Gasteiger partial charge in [0, 0.05) is 17.6 Å². The van der Waals surface area contributed by atoms with Crippen molar-refractivity contribution in [3.8, 4) is 0 Å². The molecule has 0 spiro atoms. The van der Waals surface area contributed by atoms with Crippen molar-refractivity contribution in [3.05, 3.63) is 69.7 Å². The molecule has 1 heterocycles. The maximum atomic E-state index is 12.8. The summed E-state index contributed by atoms with van der Waals surface area (Å²) >= 11 is 3.50. The summed E-state index contributed by atoms with van der Waals surface area (Å²) in [4.78, 5) is 14.8. The maximum Gasteiger partial charge on any atom is 0.230 e. The molecule has 2 aromatic rings. The molecule has 0 aromatic heterocycles. The smallest absolute Gasteiger partial charge is 0.230 e. The molecule has 0 unspecified atom stereocenters. The van der Waals surface area contributed by atoms with E-state index in [1.54, 1.807) is 0 Å². The molecule has 1 amide bonds. The zero-order chi connectivity index (χ0) is 14.8. The number of halogens is 1. The minimum atomic E-state index is -0.0380. The molecular weight excluding hydrogens is 326 g/mol. The first-order valence-electron chi connectivity index (χ1n) is 7.30. The molecule has 21 heavy (non-hydrogen) atoms. The van der Waals surface area contributed by atoms with E-state index in [0.717, 1.165) is 29.5 Å². The van der Waals surface area contributed by atoms with Crippen LogP contribution in [0.3, 0.4) is 0 Å². The van der Waals surface area contributed by atoms with E-state index in [2.05, 4.69) is 35.0 Å². The fourth-order valence-corrected chi connectivity index (χ4v) is 3.39. The molecule has 0 radical (unpaired) electrons. The van der Waals surface area contributed by atoms with Gasteiger partial charge < -0.3 is 4.90 Å². The second-order valence-electron chi connectivity index (χ2n) is 5.48. The highest BCUT2D eigenvalue weighted by Gasteiger charge is 2.29. The van der Waals surface area contributed by atoms with E-state index >= 15 is 0 Å². The summed E-state index contributed by atoms with van der Waals surface area (Å²) in [5.74, 6) is 0.194. The highest BCUT2D eigenvalue weighted by Crippen LogP contribution is 2.30. The monoisotopic (exact) mass is 343 g/mol. The Bertz CT molecular complexity index is 654. The Labute approximate surface area is 133 Å². The summed E-state index contributed by atoms with van der Waals surface area (Å²) in [7, 11) is 0. The Balaban J connectivity index is 1.80. The summed E-state index contributed by atoms with van der Waals surface area (Å²) < 4.78 is 1.07. The zero-order valence-electron chi connectivity index (χ0n) is 12.1. The Morgan fingerprint density at radius 1 is 1.14 bits per heavy atom. The van der Waals surface area contributed by atoms with E-state index in [0.29, 0.717) is 0 Å². The van der Waals surface area contributed by atoms with Crippen LogP contribution < -0.4 is 0 Å². The average Bonchev–Trinajstić information content (AvgIpc) is 2.92. The molecule has 3 rings (SSSR count). The number of hydrogen-bond donors (Lipinski definition) is 0. The van der Waals surface area contributed by atoms with Crippen LogP contribution in [0.25, 0.3) is 0 Å². The average molecular weight is 344 g/mol. The van der Waals surface area contributed by atoms with E-state index < -0.39 is 0 Å². The molecule has 2 nitrogen and oxygen atoms in total. The van der Waals surface area contributed by atoms with Crippen LogP contribution in [0.5, 0.6) is 0 Å². The number of carbonyl (C=O) groups is 1. The molecule has 1 aliphatic rings. The van der Waals surface area contributed by atoms with Crippen LogP contribution in [-0.2, 0) is 17.9 Å². The van der Waals surface area contributed by atoms with Gasteiger partial charge in [0.15, 0.2) is 0 Å². The SMILES string of the molecule is CC[C@H](C(=O)N1Cc2ccc(Br)cc2C1)c1ccccc1. The number of amides is 1. The first kappa shape index (κ1) is 14.3. The van der Waals surface area contributed by atoms with Crippen molar-refractivity contribution < 1.29 is 4.79 Å². The highest BCUT2D eigenvalue weighted by molar-refractivity contribution is 9.10. The Hall–Kier alpha value is -1.61. The van der Waals surface area contributed by atoms with Gasteiger partial charge in [0.1, 0.15) is 0 Å². The molecule has 0 saturated carbocycles. The van der Waals surface area contributed by atoms with Crippen molar-refractivity contribution in [3.63, 3.8) is 0 Å². The van der Waals surface area contributed by atoms with Crippen LogP contribution in [-0.4, -0.2) is 10.8 Å². The molecule has 1 atom stereocenters. The standard InChI is InChI=1S/C18H18BrNO/c1-2-17(13-6-4-3-5-7-13)18(21)20-11-14-8-9-16(19)10-15(14)12-20/h3-10,17H,2,11-12H2,1H3/t17-/m0/s1. The van der Waals surface area contributed by atoms with Crippen LogP contribution in [0.4, 0.5) is 0 Å². The van der Waals surface area contributed by atoms with Gasteiger partial charge in [0.05, 0.1) is 5.92 Å². The first-order chi connectivity index (χ1) is 10.2. The van der Waals surface area contributed by atoms with Crippen LogP contribution >= 0.6 is 15.9 Å². The predicted octanol–water partition coefficient (Wildman–Crippen LogP) is 4.49.